The largest absolute Gasteiger partial charge is 0.352 e. The number of fused-ring (bicyclic) bond motifs is 1. The Bertz CT molecular complexity index is 1170. The van der Waals surface area contributed by atoms with Gasteiger partial charge in [0.25, 0.3) is 5.91 Å². The van der Waals surface area contributed by atoms with Gasteiger partial charge < -0.3 is 9.88 Å². The Labute approximate surface area is 180 Å². The minimum absolute atomic E-state index is 0.0378. The molecule has 0 saturated carbocycles. The molecule has 4 rings (SSSR count). The molecule has 152 valence electrons. The Morgan fingerprint density at radius 1 is 1.10 bits per heavy atom. The van der Waals surface area contributed by atoms with Gasteiger partial charge in [0.15, 0.2) is 5.16 Å². The van der Waals surface area contributed by atoms with E-state index in [1.807, 2.05) is 43.5 Å². The van der Waals surface area contributed by atoms with E-state index >= 15 is 0 Å². The van der Waals surface area contributed by atoms with Crippen molar-refractivity contribution in [3.05, 3.63) is 89.2 Å². The first-order valence-electron chi connectivity index (χ1n) is 10.00. The molecule has 2 aromatic heterocycles. The number of hydrogen-bond acceptors (Lipinski definition) is 4. The molecule has 0 aliphatic rings. The van der Waals surface area contributed by atoms with Crippen LogP contribution >= 0.6 is 11.8 Å². The Hall–Kier alpha value is -3.12. The van der Waals surface area contributed by atoms with Gasteiger partial charge in [-0.15, -0.1) is 0 Å². The van der Waals surface area contributed by atoms with E-state index < -0.39 is 0 Å². The molecule has 5 nitrogen and oxygen atoms in total. The van der Waals surface area contributed by atoms with Crippen molar-refractivity contribution >= 4 is 28.7 Å². The van der Waals surface area contributed by atoms with Gasteiger partial charge in [0.2, 0.25) is 0 Å². The molecule has 0 spiro atoms. The summed E-state index contributed by atoms with van der Waals surface area (Å²) in [6.45, 7) is 5.41. The van der Waals surface area contributed by atoms with Crippen LogP contribution in [0.4, 0.5) is 0 Å². The van der Waals surface area contributed by atoms with Gasteiger partial charge in [-0.05, 0) is 43.2 Å². The van der Waals surface area contributed by atoms with E-state index in [9.17, 15) is 4.79 Å². The van der Waals surface area contributed by atoms with E-state index in [1.54, 1.807) is 18.0 Å². The molecule has 0 radical (unpaired) electrons. The van der Waals surface area contributed by atoms with E-state index in [-0.39, 0.29) is 5.91 Å². The van der Waals surface area contributed by atoms with Gasteiger partial charge in [0, 0.05) is 24.1 Å². The van der Waals surface area contributed by atoms with Gasteiger partial charge in [-0.1, -0.05) is 53.7 Å². The molecule has 1 N–H and O–H groups in total. The second-order valence-corrected chi connectivity index (χ2v) is 8.12. The molecule has 0 fully saturated rings. The third-order valence-electron chi connectivity index (χ3n) is 4.86. The number of nitrogens with zero attached hydrogens (tertiary/aromatic N) is 3. The number of amides is 1. The van der Waals surface area contributed by atoms with Gasteiger partial charge in [0.05, 0.1) is 23.8 Å². The molecule has 0 bridgehead atoms. The van der Waals surface area contributed by atoms with Crippen molar-refractivity contribution in [2.45, 2.75) is 31.3 Å². The van der Waals surface area contributed by atoms with Crippen LogP contribution in [0.15, 0.2) is 72.1 Å². The summed E-state index contributed by atoms with van der Waals surface area (Å²) < 4.78 is 2.23. The zero-order valence-electron chi connectivity index (χ0n) is 17.1. The molecule has 6 heteroatoms. The van der Waals surface area contributed by atoms with Gasteiger partial charge in [-0.3, -0.25) is 9.78 Å². The van der Waals surface area contributed by atoms with Crippen LogP contribution in [-0.2, 0) is 12.3 Å². The molecule has 30 heavy (non-hydrogen) atoms. The highest BCUT2D eigenvalue weighted by Crippen LogP contribution is 2.27. The lowest BCUT2D eigenvalue weighted by atomic mass is 10.1. The summed E-state index contributed by atoms with van der Waals surface area (Å²) in [6.07, 6.45) is 3.66. The summed E-state index contributed by atoms with van der Waals surface area (Å²) >= 11 is 1.70. The molecule has 4 aromatic rings. The van der Waals surface area contributed by atoms with Crippen LogP contribution in [0, 0.1) is 6.92 Å². The SMILES string of the molecule is CCNC(=O)c1ccc(CSc2nc3ccncc3n2Cc2cccc(C)c2)cc1. The second-order valence-electron chi connectivity index (χ2n) is 7.18. The minimum Gasteiger partial charge on any atom is -0.352 e. The monoisotopic (exact) mass is 416 g/mol. The Morgan fingerprint density at radius 2 is 1.93 bits per heavy atom. The van der Waals surface area contributed by atoms with E-state index in [2.05, 4.69) is 46.1 Å². The van der Waals surface area contributed by atoms with Crippen LogP contribution < -0.4 is 5.32 Å². The van der Waals surface area contributed by atoms with E-state index in [0.29, 0.717) is 12.1 Å². The Kier molecular flexibility index (Phi) is 6.14. The number of carbonyl (C=O) groups is 1. The lowest BCUT2D eigenvalue weighted by molar-refractivity contribution is 0.0956. The van der Waals surface area contributed by atoms with Gasteiger partial charge in [-0.25, -0.2) is 4.98 Å². The van der Waals surface area contributed by atoms with Crippen LogP contribution in [0.5, 0.6) is 0 Å². The fourth-order valence-corrected chi connectivity index (χ4v) is 4.34. The summed E-state index contributed by atoms with van der Waals surface area (Å²) in [7, 11) is 0. The number of aromatic nitrogens is 3. The van der Waals surface area contributed by atoms with E-state index in [0.717, 1.165) is 34.1 Å². The molecular weight excluding hydrogens is 392 g/mol. The van der Waals surface area contributed by atoms with Gasteiger partial charge in [0.1, 0.15) is 0 Å². The normalized spacial score (nSPS) is 11.0. The van der Waals surface area contributed by atoms with Crippen molar-refractivity contribution in [2.24, 2.45) is 0 Å². The lowest BCUT2D eigenvalue weighted by Gasteiger charge is -2.10. The smallest absolute Gasteiger partial charge is 0.251 e. The quantitative estimate of drug-likeness (QED) is 0.438. The van der Waals surface area contributed by atoms with Crippen molar-refractivity contribution in [1.82, 2.24) is 19.9 Å². The molecular formula is C24H24N4OS. The number of nitrogens with one attached hydrogen (secondary N) is 1. The topological polar surface area (TPSA) is 59.8 Å². The first kappa shape index (κ1) is 20.2. The Morgan fingerprint density at radius 3 is 2.70 bits per heavy atom. The van der Waals surface area contributed by atoms with Crippen molar-refractivity contribution in [3.8, 4) is 0 Å². The number of imidazole rings is 1. The highest BCUT2D eigenvalue weighted by atomic mass is 32.2. The van der Waals surface area contributed by atoms with E-state index in [1.165, 1.54) is 11.1 Å². The zero-order valence-corrected chi connectivity index (χ0v) is 17.9. The van der Waals surface area contributed by atoms with Crippen molar-refractivity contribution in [1.29, 1.82) is 0 Å². The first-order valence-corrected chi connectivity index (χ1v) is 11.0. The highest BCUT2D eigenvalue weighted by Gasteiger charge is 2.13. The third kappa shape index (κ3) is 4.54. The lowest BCUT2D eigenvalue weighted by Crippen LogP contribution is -2.22. The molecule has 0 atom stereocenters. The average Bonchev–Trinajstić information content (AvgIpc) is 3.10. The minimum atomic E-state index is -0.0378. The van der Waals surface area contributed by atoms with Crippen LogP contribution in [0.1, 0.15) is 34.0 Å². The molecule has 1 amide bonds. The predicted octanol–water partition coefficient (Wildman–Crippen LogP) is 4.83. The van der Waals surface area contributed by atoms with Gasteiger partial charge >= 0.3 is 0 Å². The summed E-state index contributed by atoms with van der Waals surface area (Å²) in [4.78, 5) is 21.1. The van der Waals surface area contributed by atoms with Crippen LogP contribution in [0.2, 0.25) is 0 Å². The number of hydrogen-bond donors (Lipinski definition) is 1. The number of rotatable bonds is 7. The summed E-state index contributed by atoms with van der Waals surface area (Å²) in [6, 6.07) is 18.3. The van der Waals surface area contributed by atoms with Crippen molar-refractivity contribution in [3.63, 3.8) is 0 Å². The number of aryl methyl sites for hydroxylation is 1. The first-order chi connectivity index (χ1) is 14.6. The van der Waals surface area contributed by atoms with Gasteiger partial charge in [-0.2, -0.15) is 0 Å². The maximum Gasteiger partial charge on any atom is 0.251 e. The molecule has 2 aromatic carbocycles. The Balaban J connectivity index is 1.56. The maximum atomic E-state index is 11.9. The highest BCUT2D eigenvalue weighted by molar-refractivity contribution is 7.98. The molecule has 0 saturated heterocycles. The van der Waals surface area contributed by atoms with Crippen molar-refractivity contribution < 1.29 is 4.79 Å². The summed E-state index contributed by atoms with van der Waals surface area (Å²) in [5.41, 5.74) is 6.31. The average molecular weight is 417 g/mol. The van der Waals surface area contributed by atoms with Crippen molar-refractivity contribution in [2.75, 3.05) is 6.54 Å². The fourth-order valence-electron chi connectivity index (χ4n) is 3.37. The van der Waals surface area contributed by atoms with Crippen LogP contribution in [0.3, 0.4) is 0 Å². The van der Waals surface area contributed by atoms with Crippen LogP contribution in [0.25, 0.3) is 11.0 Å². The van der Waals surface area contributed by atoms with Crippen LogP contribution in [-0.4, -0.2) is 27.0 Å². The summed E-state index contributed by atoms with van der Waals surface area (Å²) in [5.74, 6) is 0.740. The number of thioether (sulfide) groups is 1. The third-order valence-corrected chi connectivity index (χ3v) is 5.91. The molecule has 0 unspecified atom stereocenters. The van der Waals surface area contributed by atoms with E-state index in [4.69, 9.17) is 4.98 Å². The molecule has 2 heterocycles. The predicted molar refractivity (Wildman–Crippen MR) is 122 cm³/mol. The second kappa shape index (κ2) is 9.13. The number of carbonyl (C=O) groups excluding carboxylic acids is 1. The molecule has 0 aliphatic carbocycles. The molecule has 0 aliphatic heterocycles. The standard InChI is InChI=1S/C24H24N4OS/c1-3-26-23(29)20-9-7-18(8-10-20)16-30-24-27-21-11-12-25-14-22(21)28(24)15-19-6-4-5-17(2)13-19/h4-14H,3,15-16H2,1-2H3,(H,26,29). The number of benzene rings is 2. The fraction of sp³-hybridized carbons (Fsp3) is 0.208. The maximum absolute atomic E-state index is 11.9. The number of pyridine rings is 1. The summed E-state index contributed by atoms with van der Waals surface area (Å²) in [5, 5.41) is 3.79. The zero-order chi connectivity index (χ0) is 20.9.